The van der Waals surface area contributed by atoms with Gasteiger partial charge >= 0.3 is 0 Å². The standard InChI is InChI=1S/C6H9BrN6/c7-6-11-10-5-2-1-4-9-8-3-12(4)13(5)6/h3-5,9-10H,1-2H2. The quantitative estimate of drug-likeness (QED) is 0.579. The predicted octanol–water partition coefficient (Wildman–Crippen LogP) is -0.233. The first-order chi connectivity index (χ1) is 6.36. The summed E-state index contributed by atoms with van der Waals surface area (Å²) < 4.78 is 0.817. The van der Waals surface area contributed by atoms with E-state index in [0.29, 0.717) is 6.17 Å². The highest BCUT2D eigenvalue weighted by Crippen LogP contribution is 2.26. The minimum Gasteiger partial charge on any atom is -0.284 e. The first-order valence-corrected chi connectivity index (χ1v) is 5.00. The molecule has 1 saturated heterocycles. The van der Waals surface area contributed by atoms with Crippen LogP contribution in [0.25, 0.3) is 0 Å². The van der Waals surface area contributed by atoms with Crippen molar-refractivity contribution < 1.29 is 0 Å². The highest BCUT2D eigenvalue weighted by atomic mass is 79.9. The predicted molar refractivity (Wildman–Crippen MR) is 51.6 cm³/mol. The van der Waals surface area contributed by atoms with E-state index in [2.05, 4.69) is 47.0 Å². The third-order valence-electron chi connectivity index (χ3n) is 2.47. The molecule has 7 heteroatoms. The van der Waals surface area contributed by atoms with Crippen LogP contribution in [0.15, 0.2) is 10.2 Å². The second-order valence-electron chi connectivity index (χ2n) is 3.22. The fraction of sp³-hybridized carbons (Fsp3) is 0.667. The van der Waals surface area contributed by atoms with Crippen LogP contribution in [-0.4, -0.2) is 33.4 Å². The van der Waals surface area contributed by atoms with Gasteiger partial charge in [-0.15, -0.1) is 0 Å². The highest BCUT2D eigenvalue weighted by molar-refractivity contribution is 9.18. The first kappa shape index (κ1) is 7.43. The van der Waals surface area contributed by atoms with Crippen LogP contribution < -0.4 is 10.9 Å². The van der Waals surface area contributed by atoms with Crippen LogP contribution in [0.1, 0.15) is 12.8 Å². The number of rotatable bonds is 0. The Morgan fingerprint density at radius 1 is 1.38 bits per heavy atom. The molecule has 3 heterocycles. The van der Waals surface area contributed by atoms with E-state index in [0.717, 1.165) is 17.6 Å². The zero-order valence-electron chi connectivity index (χ0n) is 6.81. The lowest BCUT2D eigenvalue weighted by atomic mass is 10.2. The Balaban J connectivity index is 1.91. The van der Waals surface area contributed by atoms with Crippen LogP contribution >= 0.6 is 15.9 Å². The summed E-state index contributed by atoms with van der Waals surface area (Å²) in [6.45, 7) is 0. The molecule has 0 aromatic heterocycles. The molecule has 3 aliphatic heterocycles. The fourth-order valence-electron chi connectivity index (χ4n) is 1.84. The third-order valence-corrected chi connectivity index (χ3v) is 3.01. The van der Waals surface area contributed by atoms with E-state index in [4.69, 9.17) is 0 Å². The maximum Gasteiger partial charge on any atom is 0.212 e. The van der Waals surface area contributed by atoms with E-state index < -0.39 is 0 Å². The van der Waals surface area contributed by atoms with Crippen molar-refractivity contribution >= 4 is 27.0 Å². The first-order valence-electron chi connectivity index (χ1n) is 4.21. The van der Waals surface area contributed by atoms with Crippen molar-refractivity contribution in [3.63, 3.8) is 0 Å². The van der Waals surface area contributed by atoms with Gasteiger partial charge in [0, 0.05) is 0 Å². The van der Waals surface area contributed by atoms with Gasteiger partial charge in [0.05, 0.1) is 0 Å². The normalized spacial score (nSPS) is 35.0. The summed E-state index contributed by atoms with van der Waals surface area (Å²) in [5, 5.41) is 12.3. The van der Waals surface area contributed by atoms with Crippen LogP contribution in [0.4, 0.5) is 0 Å². The monoisotopic (exact) mass is 244 g/mol. The Bertz CT molecular complexity index is 289. The molecule has 6 nitrogen and oxygen atoms in total. The highest BCUT2D eigenvalue weighted by Gasteiger charge is 2.40. The van der Waals surface area contributed by atoms with E-state index in [-0.39, 0.29) is 6.17 Å². The van der Waals surface area contributed by atoms with Gasteiger partial charge in [-0.3, -0.25) is 10.9 Å². The molecule has 0 aliphatic carbocycles. The summed E-state index contributed by atoms with van der Waals surface area (Å²) in [5.74, 6) is 0. The van der Waals surface area contributed by atoms with Gasteiger partial charge in [0.1, 0.15) is 18.7 Å². The van der Waals surface area contributed by atoms with Crippen molar-refractivity contribution in [2.45, 2.75) is 25.2 Å². The zero-order valence-corrected chi connectivity index (χ0v) is 8.40. The lowest BCUT2D eigenvalue weighted by molar-refractivity contribution is 0.00246. The molecule has 13 heavy (non-hydrogen) atoms. The molecule has 0 amide bonds. The van der Waals surface area contributed by atoms with Crippen LogP contribution in [0.2, 0.25) is 0 Å². The van der Waals surface area contributed by atoms with E-state index in [1.165, 1.54) is 0 Å². The maximum atomic E-state index is 4.12. The Labute approximate surface area is 83.7 Å². The minimum atomic E-state index is 0.275. The molecule has 0 aromatic carbocycles. The van der Waals surface area contributed by atoms with Crippen molar-refractivity contribution in [2.24, 2.45) is 10.2 Å². The molecule has 3 aliphatic rings. The second kappa shape index (κ2) is 2.50. The topological polar surface area (TPSA) is 55.3 Å². The maximum absolute atomic E-state index is 4.12. The summed E-state index contributed by atoms with van der Waals surface area (Å²) in [5.41, 5.74) is 6.10. The number of halogens is 1. The second-order valence-corrected chi connectivity index (χ2v) is 3.93. The smallest absolute Gasteiger partial charge is 0.212 e. The molecule has 70 valence electrons. The number of nitrogens with one attached hydrogen (secondary N) is 2. The molecule has 2 N–H and O–H groups in total. The molecule has 0 aromatic rings. The van der Waals surface area contributed by atoms with E-state index >= 15 is 0 Å². The Morgan fingerprint density at radius 2 is 2.23 bits per heavy atom. The van der Waals surface area contributed by atoms with Gasteiger partial charge < -0.3 is 0 Å². The number of hydrazone groups is 2. The number of hydrazine groups is 1. The number of nitrogens with zero attached hydrogens (tertiary/aromatic N) is 4. The minimum absolute atomic E-state index is 0.275. The Hall–Kier alpha value is -0.980. The largest absolute Gasteiger partial charge is 0.284 e. The zero-order chi connectivity index (χ0) is 8.84. The number of amidine groups is 1. The van der Waals surface area contributed by atoms with Crippen molar-refractivity contribution in [3.8, 4) is 0 Å². The summed E-state index contributed by atoms with van der Waals surface area (Å²) >= 11 is 3.40. The molecular weight excluding hydrogens is 236 g/mol. The van der Waals surface area contributed by atoms with E-state index in [1.807, 2.05) is 0 Å². The molecule has 2 atom stereocenters. The van der Waals surface area contributed by atoms with E-state index in [1.54, 1.807) is 6.34 Å². The molecule has 0 spiro atoms. The SMILES string of the molecule is BrC1=NNC2CCC3NN=CN3N12. The van der Waals surface area contributed by atoms with Gasteiger partial charge in [-0.05, 0) is 28.8 Å². The van der Waals surface area contributed by atoms with E-state index in [9.17, 15) is 0 Å². The van der Waals surface area contributed by atoms with Crippen LogP contribution in [0.5, 0.6) is 0 Å². The summed E-state index contributed by atoms with van der Waals surface area (Å²) in [6.07, 6.45) is 4.50. The summed E-state index contributed by atoms with van der Waals surface area (Å²) in [6, 6.07) is 0. The molecule has 0 radical (unpaired) electrons. The summed E-state index contributed by atoms with van der Waals surface area (Å²) in [7, 11) is 0. The van der Waals surface area contributed by atoms with Gasteiger partial charge in [0.25, 0.3) is 0 Å². The lowest BCUT2D eigenvalue weighted by Gasteiger charge is -2.40. The number of hydrogen-bond acceptors (Lipinski definition) is 6. The van der Waals surface area contributed by atoms with Gasteiger partial charge in [0.2, 0.25) is 4.74 Å². The Morgan fingerprint density at radius 3 is 3.15 bits per heavy atom. The lowest BCUT2D eigenvalue weighted by Crippen LogP contribution is -2.58. The van der Waals surface area contributed by atoms with Crippen molar-refractivity contribution in [1.29, 1.82) is 0 Å². The average Bonchev–Trinajstić information content (AvgIpc) is 2.70. The van der Waals surface area contributed by atoms with Crippen molar-refractivity contribution in [1.82, 2.24) is 20.9 Å². The van der Waals surface area contributed by atoms with Crippen LogP contribution in [-0.2, 0) is 0 Å². The van der Waals surface area contributed by atoms with Crippen LogP contribution in [0.3, 0.4) is 0 Å². The molecule has 1 fully saturated rings. The van der Waals surface area contributed by atoms with Crippen molar-refractivity contribution in [2.75, 3.05) is 0 Å². The average molecular weight is 245 g/mol. The molecular formula is C6H9BrN6. The molecule has 2 unspecified atom stereocenters. The van der Waals surface area contributed by atoms with Gasteiger partial charge in [-0.1, -0.05) is 0 Å². The number of fused-ring (bicyclic) bond motifs is 3. The van der Waals surface area contributed by atoms with Crippen molar-refractivity contribution in [3.05, 3.63) is 0 Å². The Kier molecular flexibility index (Phi) is 1.43. The van der Waals surface area contributed by atoms with Gasteiger partial charge in [-0.25, -0.2) is 10.0 Å². The molecule has 3 rings (SSSR count). The summed E-state index contributed by atoms with van der Waals surface area (Å²) in [4.78, 5) is 0. The fourth-order valence-corrected chi connectivity index (χ4v) is 2.37. The molecule has 0 saturated carbocycles. The molecule has 0 bridgehead atoms. The van der Waals surface area contributed by atoms with Gasteiger partial charge in [-0.2, -0.15) is 10.2 Å². The number of hydrogen-bond donors (Lipinski definition) is 2. The van der Waals surface area contributed by atoms with Crippen LogP contribution in [0, 0.1) is 0 Å². The third kappa shape index (κ3) is 0.932. The van der Waals surface area contributed by atoms with Gasteiger partial charge in [0.15, 0.2) is 0 Å².